The number of amides is 1. The summed E-state index contributed by atoms with van der Waals surface area (Å²) in [5, 5.41) is 3.21. The lowest BCUT2D eigenvalue weighted by Gasteiger charge is -2.41. The van der Waals surface area contributed by atoms with Gasteiger partial charge in [0.25, 0.3) is 5.88 Å². The van der Waals surface area contributed by atoms with E-state index in [0.717, 1.165) is 47.7 Å². The van der Waals surface area contributed by atoms with Crippen molar-refractivity contribution < 1.29 is 27.4 Å². The number of anilines is 3. The Morgan fingerprint density at radius 2 is 1.97 bits per heavy atom. The number of aryl methyl sites for hydroxylation is 1. The summed E-state index contributed by atoms with van der Waals surface area (Å²) in [5.41, 5.74) is 1.36. The predicted molar refractivity (Wildman–Crippen MR) is 128 cm³/mol. The van der Waals surface area contributed by atoms with Gasteiger partial charge in [0.2, 0.25) is 17.7 Å². The minimum absolute atomic E-state index is 0.0103. The van der Waals surface area contributed by atoms with Crippen LogP contribution in [0.5, 0.6) is 17.5 Å². The topological polar surface area (TPSA) is 106 Å². The van der Waals surface area contributed by atoms with Gasteiger partial charge in [-0.25, -0.2) is 15.0 Å². The van der Waals surface area contributed by atoms with E-state index < -0.39 is 11.9 Å². The molecule has 0 saturated carbocycles. The molecule has 5 heterocycles. The van der Waals surface area contributed by atoms with Crippen LogP contribution in [0, 0.1) is 0 Å². The molecule has 0 saturated heterocycles. The molecular formula is C24H24F3N7O3. The molecule has 0 aromatic carbocycles. The van der Waals surface area contributed by atoms with Crippen LogP contribution in [-0.4, -0.2) is 52.6 Å². The monoisotopic (exact) mass is 515 g/mol. The molecule has 1 amide bonds. The van der Waals surface area contributed by atoms with Gasteiger partial charge >= 0.3 is 6.18 Å². The van der Waals surface area contributed by atoms with E-state index in [-0.39, 0.29) is 29.5 Å². The van der Waals surface area contributed by atoms with Crippen molar-refractivity contribution >= 4 is 23.4 Å². The van der Waals surface area contributed by atoms with Gasteiger partial charge in [0.15, 0.2) is 11.6 Å². The van der Waals surface area contributed by atoms with Crippen LogP contribution in [0.3, 0.4) is 0 Å². The van der Waals surface area contributed by atoms with Gasteiger partial charge in [-0.3, -0.25) is 4.79 Å². The molecule has 0 unspecified atom stereocenters. The molecule has 0 radical (unpaired) electrons. The molecule has 0 aliphatic carbocycles. The average Bonchev–Trinajstić information content (AvgIpc) is 2.89. The Kier molecular flexibility index (Phi) is 6.21. The maximum atomic E-state index is 12.9. The fraction of sp³-hybridized carbons (Fsp3) is 0.375. The fourth-order valence-corrected chi connectivity index (χ4v) is 4.25. The molecule has 5 rings (SSSR count). The molecule has 1 atom stereocenters. The van der Waals surface area contributed by atoms with Gasteiger partial charge in [-0.15, -0.1) is 0 Å². The molecule has 194 valence electrons. The first-order valence-corrected chi connectivity index (χ1v) is 11.6. The van der Waals surface area contributed by atoms with Gasteiger partial charge in [0.05, 0.1) is 12.8 Å². The summed E-state index contributed by atoms with van der Waals surface area (Å²) in [4.78, 5) is 33.3. The Balaban J connectivity index is 1.29. The quantitative estimate of drug-likeness (QED) is 0.525. The first kappa shape index (κ1) is 24.5. The number of carbonyl (C=O) groups is 1. The zero-order chi connectivity index (χ0) is 26.3. The van der Waals surface area contributed by atoms with Crippen LogP contribution >= 0.6 is 0 Å². The third kappa shape index (κ3) is 4.68. The van der Waals surface area contributed by atoms with E-state index in [2.05, 4.69) is 25.3 Å². The van der Waals surface area contributed by atoms with Crippen molar-refractivity contribution in [1.29, 1.82) is 0 Å². The van der Waals surface area contributed by atoms with Crippen LogP contribution in [-0.2, 0) is 23.9 Å². The van der Waals surface area contributed by atoms with Crippen molar-refractivity contribution in [2.45, 2.75) is 38.5 Å². The summed E-state index contributed by atoms with van der Waals surface area (Å²) in [6, 6.07) is 4.99. The van der Waals surface area contributed by atoms with E-state index in [1.807, 2.05) is 18.9 Å². The van der Waals surface area contributed by atoms with Gasteiger partial charge in [0.1, 0.15) is 17.4 Å². The SMILES string of the molecule is COc1nc(C(F)(F)F)ccc1Oc1ccc(CNc2nc3c4c(n2)N(C)[C@@H](C)C(=O)N4CCC3)cn1. The van der Waals surface area contributed by atoms with Gasteiger partial charge < -0.3 is 24.6 Å². The predicted octanol–water partition coefficient (Wildman–Crippen LogP) is 3.82. The highest BCUT2D eigenvalue weighted by molar-refractivity contribution is 6.05. The van der Waals surface area contributed by atoms with Gasteiger partial charge in [-0.05, 0) is 37.5 Å². The molecule has 37 heavy (non-hydrogen) atoms. The van der Waals surface area contributed by atoms with Crippen LogP contribution in [0.4, 0.5) is 30.6 Å². The molecule has 2 aliphatic rings. The smallest absolute Gasteiger partial charge is 0.433 e. The molecule has 3 aromatic heterocycles. The largest absolute Gasteiger partial charge is 0.478 e. The fourth-order valence-electron chi connectivity index (χ4n) is 4.25. The van der Waals surface area contributed by atoms with E-state index in [4.69, 9.17) is 9.47 Å². The lowest BCUT2D eigenvalue weighted by Crippen LogP contribution is -2.53. The number of likely N-dealkylation sites (N-methyl/N-ethyl adjacent to an activating group) is 1. The Morgan fingerprint density at radius 1 is 1.16 bits per heavy atom. The number of nitrogens with one attached hydrogen (secondary N) is 1. The van der Waals surface area contributed by atoms with E-state index in [0.29, 0.717) is 19.0 Å². The number of nitrogens with zero attached hydrogens (tertiary/aromatic N) is 6. The Hall–Kier alpha value is -4.16. The maximum absolute atomic E-state index is 12.9. The van der Waals surface area contributed by atoms with Crippen LogP contribution in [0.25, 0.3) is 0 Å². The summed E-state index contributed by atoms with van der Waals surface area (Å²) < 4.78 is 49.2. The second-order valence-corrected chi connectivity index (χ2v) is 8.71. The van der Waals surface area contributed by atoms with Gasteiger partial charge in [-0.2, -0.15) is 18.2 Å². The molecule has 0 bridgehead atoms. The zero-order valence-electron chi connectivity index (χ0n) is 20.3. The first-order valence-electron chi connectivity index (χ1n) is 11.6. The number of halogens is 3. The third-order valence-electron chi connectivity index (χ3n) is 6.31. The highest BCUT2D eigenvalue weighted by atomic mass is 19.4. The van der Waals surface area contributed by atoms with Crippen LogP contribution in [0.1, 0.15) is 30.3 Å². The van der Waals surface area contributed by atoms with Crippen LogP contribution < -0.4 is 24.6 Å². The standard InChI is InChI=1S/C24H24F3N7O3/c1-13-22(35)34-10-4-5-15-19(34)20(33(13)2)32-23(30-15)29-12-14-6-9-18(28-11-14)37-16-7-8-17(24(25,26)27)31-21(16)36-3/h6-9,11,13H,4-5,10,12H2,1-3H3,(H,29,30,32)/t13-/m0/s1. The van der Waals surface area contributed by atoms with Crippen LogP contribution in [0.2, 0.25) is 0 Å². The molecule has 2 aliphatic heterocycles. The van der Waals surface area contributed by atoms with Crippen molar-refractivity contribution in [3.05, 3.63) is 47.4 Å². The van der Waals surface area contributed by atoms with E-state index in [1.54, 1.807) is 23.2 Å². The number of rotatable bonds is 6. The van der Waals surface area contributed by atoms with Crippen molar-refractivity contribution in [3.63, 3.8) is 0 Å². The van der Waals surface area contributed by atoms with E-state index in [1.165, 1.54) is 7.11 Å². The first-order chi connectivity index (χ1) is 17.7. The molecule has 13 heteroatoms. The molecule has 1 N–H and O–H groups in total. The van der Waals surface area contributed by atoms with E-state index in [9.17, 15) is 18.0 Å². The number of aromatic nitrogens is 4. The number of carbonyl (C=O) groups excluding carboxylic acids is 1. The normalized spacial score (nSPS) is 16.9. The lowest BCUT2D eigenvalue weighted by atomic mass is 10.0. The van der Waals surface area contributed by atoms with Crippen molar-refractivity contribution in [2.75, 3.05) is 35.8 Å². The van der Waals surface area contributed by atoms with Gasteiger partial charge in [-0.1, -0.05) is 6.07 Å². The van der Waals surface area contributed by atoms with Crippen molar-refractivity contribution in [2.24, 2.45) is 0 Å². The number of pyridine rings is 2. The number of hydrogen-bond donors (Lipinski definition) is 1. The third-order valence-corrected chi connectivity index (χ3v) is 6.31. The minimum Gasteiger partial charge on any atom is -0.478 e. The average molecular weight is 515 g/mol. The minimum atomic E-state index is -4.59. The summed E-state index contributed by atoms with van der Waals surface area (Å²) >= 11 is 0. The highest BCUT2D eigenvalue weighted by Gasteiger charge is 2.39. The zero-order valence-corrected chi connectivity index (χ0v) is 20.3. The Morgan fingerprint density at radius 3 is 2.68 bits per heavy atom. The second kappa shape index (κ2) is 9.37. The summed E-state index contributed by atoms with van der Waals surface area (Å²) in [5.74, 6) is 1.11. The Labute approximate surface area is 210 Å². The lowest BCUT2D eigenvalue weighted by molar-refractivity contribution is -0.141. The molecular weight excluding hydrogens is 491 g/mol. The summed E-state index contributed by atoms with van der Waals surface area (Å²) in [7, 11) is 3.06. The molecule has 0 spiro atoms. The molecule has 0 fully saturated rings. The Bertz CT molecular complexity index is 1330. The van der Waals surface area contributed by atoms with Gasteiger partial charge in [0, 0.05) is 32.4 Å². The number of alkyl halides is 3. The summed E-state index contributed by atoms with van der Waals surface area (Å²) in [6.45, 7) is 2.90. The summed E-state index contributed by atoms with van der Waals surface area (Å²) in [6.07, 6.45) is -1.41. The van der Waals surface area contributed by atoms with Crippen molar-refractivity contribution in [1.82, 2.24) is 19.9 Å². The number of hydrogen-bond acceptors (Lipinski definition) is 9. The van der Waals surface area contributed by atoms with Crippen molar-refractivity contribution in [3.8, 4) is 17.5 Å². The maximum Gasteiger partial charge on any atom is 0.433 e. The van der Waals surface area contributed by atoms with E-state index >= 15 is 0 Å². The number of methoxy groups -OCH3 is 1. The second-order valence-electron chi connectivity index (χ2n) is 8.71. The molecule has 10 nitrogen and oxygen atoms in total. The highest BCUT2D eigenvalue weighted by Crippen LogP contribution is 2.40. The molecule has 3 aromatic rings. The number of ether oxygens (including phenoxy) is 2. The van der Waals surface area contributed by atoms with Crippen LogP contribution in [0.15, 0.2) is 30.5 Å².